The molecule has 3 amide bonds. The maximum atomic E-state index is 11.9. The SMILES string of the molecule is O=C(O)CN(CC1CC1)C(=O)NC1CNC(=O)C1. The summed E-state index contributed by atoms with van der Waals surface area (Å²) in [4.78, 5) is 34.9. The number of carbonyl (C=O) groups is 3. The number of carbonyl (C=O) groups excluding carboxylic acids is 2. The van der Waals surface area contributed by atoms with Gasteiger partial charge in [0.05, 0.1) is 6.04 Å². The van der Waals surface area contributed by atoms with Crippen molar-refractivity contribution in [2.75, 3.05) is 19.6 Å². The van der Waals surface area contributed by atoms with Gasteiger partial charge < -0.3 is 20.6 Å². The molecule has 0 aromatic heterocycles. The van der Waals surface area contributed by atoms with Crippen molar-refractivity contribution in [3.63, 3.8) is 0 Å². The first kappa shape index (κ1) is 12.7. The van der Waals surface area contributed by atoms with Crippen molar-refractivity contribution in [2.45, 2.75) is 25.3 Å². The van der Waals surface area contributed by atoms with Gasteiger partial charge in [0.25, 0.3) is 0 Å². The highest BCUT2D eigenvalue weighted by atomic mass is 16.4. The summed E-state index contributed by atoms with van der Waals surface area (Å²) in [7, 11) is 0. The van der Waals surface area contributed by atoms with Crippen LogP contribution in [0.3, 0.4) is 0 Å². The van der Waals surface area contributed by atoms with Crippen LogP contribution in [0.15, 0.2) is 0 Å². The fraction of sp³-hybridized carbons (Fsp3) is 0.727. The minimum Gasteiger partial charge on any atom is -0.480 e. The van der Waals surface area contributed by atoms with E-state index >= 15 is 0 Å². The molecule has 1 atom stereocenters. The van der Waals surface area contributed by atoms with Crippen LogP contribution in [0.1, 0.15) is 19.3 Å². The minimum absolute atomic E-state index is 0.0905. The number of aliphatic carboxylic acids is 1. The average molecular weight is 255 g/mol. The lowest BCUT2D eigenvalue weighted by Gasteiger charge is -2.22. The molecule has 1 aliphatic heterocycles. The number of hydrogen-bond acceptors (Lipinski definition) is 3. The zero-order chi connectivity index (χ0) is 13.1. The number of hydrogen-bond donors (Lipinski definition) is 3. The summed E-state index contributed by atoms with van der Waals surface area (Å²) < 4.78 is 0. The van der Waals surface area contributed by atoms with Crippen molar-refractivity contribution in [1.29, 1.82) is 0 Å². The van der Waals surface area contributed by atoms with Gasteiger partial charge in [-0.25, -0.2) is 4.79 Å². The van der Waals surface area contributed by atoms with Crippen molar-refractivity contribution in [3.05, 3.63) is 0 Å². The van der Waals surface area contributed by atoms with Crippen LogP contribution < -0.4 is 10.6 Å². The molecule has 18 heavy (non-hydrogen) atoms. The first-order valence-electron chi connectivity index (χ1n) is 6.08. The smallest absolute Gasteiger partial charge is 0.323 e. The Morgan fingerprint density at radius 3 is 2.67 bits per heavy atom. The van der Waals surface area contributed by atoms with E-state index in [-0.39, 0.29) is 24.9 Å². The third kappa shape index (κ3) is 3.61. The van der Waals surface area contributed by atoms with Gasteiger partial charge in [-0.3, -0.25) is 9.59 Å². The lowest BCUT2D eigenvalue weighted by atomic mass is 10.2. The van der Waals surface area contributed by atoms with E-state index in [1.54, 1.807) is 0 Å². The Hall–Kier alpha value is -1.79. The predicted octanol–water partition coefficient (Wildman–Crippen LogP) is -0.619. The average Bonchev–Trinajstić information content (AvgIpc) is 3.00. The summed E-state index contributed by atoms with van der Waals surface area (Å²) >= 11 is 0. The van der Waals surface area contributed by atoms with Crippen LogP contribution in [-0.4, -0.2) is 53.6 Å². The second-order valence-electron chi connectivity index (χ2n) is 4.87. The Kier molecular flexibility index (Phi) is 3.69. The van der Waals surface area contributed by atoms with Crippen LogP contribution in [0.2, 0.25) is 0 Å². The Bertz CT molecular complexity index is 367. The monoisotopic (exact) mass is 255 g/mol. The van der Waals surface area contributed by atoms with Crippen molar-refractivity contribution < 1.29 is 19.5 Å². The van der Waals surface area contributed by atoms with Crippen LogP contribution in [0.5, 0.6) is 0 Å². The maximum Gasteiger partial charge on any atom is 0.323 e. The molecule has 0 radical (unpaired) electrons. The maximum absolute atomic E-state index is 11.9. The highest BCUT2D eigenvalue weighted by Crippen LogP contribution is 2.29. The van der Waals surface area contributed by atoms with E-state index in [0.717, 1.165) is 12.8 Å². The van der Waals surface area contributed by atoms with E-state index in [0.29, 0.717) is 19.0 Å². The summed E-state index contributed by atoms with van der Waals surface area (Å²) in [5.74, 6) is -0.683. The summed E-state index contributed by atoms with van der Waals surface area (Å²) in [6.07, 6.45) is 2.36. The van der Waals surface area contributed by atoms with Crippen LogP contribution in [0.4, 0.5) is 4.79 Å². The third-order valence-corrected chi connectivity index (χ3v) is 3.09. The molecule has 3 N–H and O–H groups in total. The molecule has 0 aromatic rings. The summed E-state index contributed by atoms with van der Waals surface area (Å²) in [5.41, 5.74) is 0. The molecule has 100 valence electrons. The molecule has 2 aliphatic rings. The van der Waals surface area contributed by atoms with Gasteiger partial charge in [0, 0.05) is 19.5 Å². The van der Waals surface area contributed by atoms with Crippen molar-refractivity contribution in [3.8, 4) is 0 Å². The molecule has 2 rings (SSSR count). The number of amides is 3. The largest absolute Gasteiger partial charge is 0.480 e. The second-order valence-corrected chi connectivity index (χ2v) is 4.87. The molecule has 7 nitrogen and oxygen atoms in total. The van der Waals surface area contributed by atoms with Crippen LogP contribution >= 0.6 is 0 Å². The molecule has 1 saturated heterocycles. The van der Waals surface area contributed by atoms with E-state index < -0.39 is 12.0 Å². The Morgan fingerprint density at radius 2 is 2.17 bits per heavy atom. The number of nitrogens with zero attached hydrogens (tertiary/aromatic N) is 1. The van der Waals surface area contributed by atoms with Gasteiger partial charge in [-0.15, -0.1) is 0 Å². The predicted molar refractivity (Wildman–Crippen MR) is 61.9 cm³/mol. The Morgan fingerprint density at radius 1 is 1.44 bits per heavy atom. The molecule has 0 spiro atoms. The summed E-state index contributed by atoms with van der Waals surface area (Å²) in [6, 6.07) is -0.633. The van der Waals surface area contributed by atoms with Gasteiger partial charge in [-0.05, 0) is 18.8 Å². The van der Waals surface area contributed by atoms with Crippen molar-refractivity contribution in [2.24, 2.45) is 5.92 Å². The number of carboxylic acid groups (broad SMARTS) is 1. The van der Waals surface area contributed by atoms with Crippen molar-refractivity contribution >= 4 is 17.9 Å². The van der Waals surface area contributed by atoms with E-state index in [2.05, 4.69) is 10.6 Å². The normalized spacial score (nSPS) is 22.4. The highest BCUT2D eigenvalue weighted by Gasteiger charge is 2.30. The topological polar surface area (TPSA) is 98.7 Å². The van der Waals surface area contributed by atoms with E-state index in [9.17, 15) is 14.4 Å². The van der Waals surface area contributed by atoms with Gasteiger partial charge >= 0.3 is 12.0 Å². The number of carboxylic acids is 1. The first-order chi connectivity index (χ1) is 8.54. The number of nitrogens with one attached hydrogen (secondary N) is 2. The molecule has 2 fully saturated rings. The fourth-order valence-corrected chi connectivity index (χ4v) is 1.97. The van der Waals surface area contributed by atoms with E-state index in [1.165, 1.54) is 4.90 Å². The molecular weight excluding hydrogens is 238 g/mol. The van der Waals surface area contributed by atoms with E-state index in [1.807, 2.05) is 0 Å². The third-order valence-electron chi connectivity index (χ3n) is 3.09. The summed E-state index contributed by atoms with van der Waals surface area (Å²) in [5, 5.41) is 14.1. The van der Waals surface area contributed by atoms with Gasteiger partial charge in [-0.2, -0.15) is 0 Å². The fourth-order valence-electron chi connectivity index (χ4n) is 1.97. The molecule has 1 unspecified atom stereocenters. The molecule has 7 heteroatoms. The van der Waals surface area contributed by atoms with Crippen LogP contribution in [0, 0.1) is 5.92 Å². The lowest BCUT2D eigenvalue weighted by Crippen LogP contribution is -2.48. The molecule has 0 bridgehead atoms. The second kappa shape index (κ2) is 5.24. The zero-order valence-corrected chi connectivity index (χ0v) is 10.0. The van der Waals surface area contributed by atoms with Gasteiger partial charge in [-0.1, -0.05) is 0 Å². The Balaban J connectivity index is 1.85. The molecule has 1 saturated carbocycles. The van der Waals surface area contributed by atoms with Crippen molar-refractivity contribution in [1.82, 2.24) is 15.5 Å². The van der Waals surface area contributed by atoms with Crippen LogP contribution in [-0.2, 0) is 9.59 Å². The van der Waals surface area contributed by atoms with Gasteiger partial charge in [0.15, 0.2) is 0 Å². The lowest BCUT2D eigenvalue weighted by molar-refractivity contribution is -0.137. The number of urea groups is 1. The Labute approximate surface area is 105 Å². The minimum atomic E-state index is -1.02. The molecular formula is C11H17N3O4. The molecule has 1 aliphatic carbocycles. The standard InChI is InChI=1S/C11H17N3O4/c15-9-3-8(4-12-9)13-11(18)14(6-10(16)17)5-7-1-2-7/h7-8H,1-6H2,(H,12,15)(H,13,18)(H,16,17). The summed E-state index contributed by atoms with van der Waals surface area (Å²) in [6.45, 7) is 0.595. The molecule has 0 aromatic carbocycles. The molecule has 1 heterocycles. The van der Waals surface area contributed by atoms with Gasteiger partial charge in [0.1, 0.15) is 6.54 Å². The van der Waals surface area contributed by atoms with Crippen LogP contribution in [0.25, 0.3) is 0 Å². The van der Waals surface area contributed by atoms with Gasteiger partial charge in [0.2, 0.25) is 5.91 Å². The van der Waals surface area contributed by atoms with E-state index in [4.69, 9.17) is 5.11 Å². The quantitative estimate of drug-likeness (QED) is 0.609. The highest BCUT2D eigenvalue weighted by molar-refractivity contribution is 5.83. The first-order valence-corrected chi connectivity index (χ1v) is 6.08. The zero-order valence-electron chi connectivity index (χ0n) is 10.0. The number of rotatable bonds is 5.